The third kappa shape index (κ3) is 2.28. The fraction of sp³-hybridized carbons (Fsp3) is 0. The summed E-state index contributed by atoms with van der Waals surface area (Å²) in [4.78, 5) is 18.0. The minimum absolute atomic E-state index is 0.0695. The zero-order valence-corrected chi connectivity index (χ0v) is 8.66. The third-order valence-corrected chi connectivity index (χ3v) is 2.47. The lowest BCUT2D eigenvalue weighted by Crippen LogP contribution is -1.94. The number of nitro groups is 1. The molecule has 0 fully saturated rings. The van der Waals surface area contributed by atoms with Crippen LogP contribution < -0.4 is 0 Å². The molecule has 0 saturated carbocycles. The number of nitrogens with zero attached hydrogens (tertiary/aromatic N) is 5. The van der Waals surface area contributed by atoms with Crippen molar-refractivity contribution >= 4 is 17.4 Å². The smallest absolute Gasteiger partial charge is 0.258 e. The van der Waals surface area contributed by atoms with Gasteiger partial charge in [0.25, 0.3) is 0 Å². The van der Waals surface area contributed by atoms with Crippen LogP contribution in [-0.2, 0) is 0 Å². The van der Waals surface area contributed by atoms with Gasteiger partial charge in [-0.2, -0.15) is 5.10 Å². The second-order valence-electron chi connectivity index (χ2n) is 2.61. The quantitative estimate of drug-likeness (QED) is 0.584. The summed E-state index contributed by atoms with van der Waals surface area (Å²) >= 11 is 1.01. The third-order valence-electron chi connectivity index (χ3n) is 1.60. The van der Waals surface area contributed by atoms with Crippen LogP contribution in [0.1, 0.15) is 0 Å². The lowest BCUT2D eigenvalue weighted by Gasteiger charge is -1.98. The van der Waals surface area contributed by atoms with Crippen LogP contribution >= 0.6 is 11.8 Å². The van der Waals surface area contributed by atoms with Gasteiger partial charge in [-0.15, -0.1) is 5.10 Å². The van der Waals surface area contributed by atoms with Crippen LogP contribution in [0.2, 0.25) is 0 Å². The minimum atomic E-state index is -0.494. The van der Waals surface area contributed by atoms with E-state index in [0.717, 1.165) is 11.8 Å². The number of hydrogen-bond donors (Lipinski definition) is 0. The van der Waals surface area contributed by atoms with E-state index in [1.54, 1.807) is 0 Å². The molecule has 0 aromatic carbocycles. The molecule has 2 aromatic heterocycles. The Labute approximate surface area is 94.1 Å². The van der Waals surface area contributed by atoms with E-state index in [1.807, 2.05) is 0 Å². The lowest BCUT2D eigenvalue weighted by molar-refractivity contribution is -0.388. The largest absolute Gasteiger partial charge is 0.301 e. The van der Waals surface area contributed by atoms with E-state index in [2.05, 4.69) is 20.2 Å². The van der Waals surface area contributed by atoms with Gasteiger partial charge >= 0.3 is 5.69 Å². The molecule has 7 nitrogen and oxygen atoms in total. The molecule has 0 aliphatic heterocycles. The first-order valence-electron chi connectivity index (χ1n) is 4.18. The molecule has 0 aliphatic carbocycles. The highest BCUT2D eigenvalue weighted by molar-refractivity contribution is 7.99. The predicted octanol–water partition coefficient (Wildman–Crippen LogP) is 1.33. The van der Waals surface area contributed by atoms with Gasteiger partial charge in [-0.05, 0) is 17.8 Å². The first-order valence-corrected chi connectivity index (χ1v) is 5.00. The highest BCUT2D eigenvalue weighted by atomic mass is 32.2. The summed E-state index contributed by atoms with van der Waals surface area (Å²) in [7, 11) is 0. The second kappa shape index (κ2) is 4.62. The number of hydrogen-bond acceptors (Lipinski definition) is 7. The molecule has 0 N–H and O–H groups in total. The number of rotatable bonds is 3. The van der Waals surface area contributed by atoms with Crippen LogP contribution in [0, 0.1) is 10.1 Å². The second-order valence-corrected chi connectivity index (χ2v) is 3.57. The fourth-order valence-electron chi connectivity index (χ4n) is 0.969. The van der Waals surface area contributed by atoms with Gasteiger partial charge in [0.15, 0.2) is 5.03 Å². The monoisotopic (exact) mass is 235 g/mol. The molecule has 2 aromatic rings. The van der Waals surface area contributed by atoms with Crippen molar-refractivity contribution in [2.24, 2.45) is 0 Å². The molecule has 2 heterocycles. The zero-order valence-electron chi connectivity index (χ0n) is 7.85. The van der Waals surface area contributed by atoms with Crippen LogP contribution in [0.4, 0.5) is 5.69 Å². The first-order chi connectivity index (χ1) is 7.77. The molecule has 8 heteroatoms. The van der Waals surface area contributed by atoms with E-state index < -0.39 is 4.92 Å². The van der Waals surface area contributed by atoms with Crippen LogP contribution in [0.15, 0.2) is 40.9 Å². The van der Waals surface area contributed by atoms with Gasteiger partial charge in [0.2, 0.25) is 5.16 Å². The van der Waals surface area contributed by atoms with Gasteiger partial charge < -0.3 is 0 Å². The van der Waals surface area contributed by atoms with Crippen molar-refractivity contribution in [3.05, 3.63) is 40.8 Å². The Morgan fingerprint density at radius 3 is 2.81 bits per heavy atom. The Hall–Kier alpha value is -2.09. The number of aromatic nitrogens is 4. The van der Waals surface area contributed by atoms with Gasteiger partial charge in [-0.1, -0.05) is 0 Å². The molecule has 0 saturated heterocycles. The average molecular weight is 235 g/mol. The van der Waals surface area contributed by atoms with Crippen LogP contribution in [0.5, 0.6) is 0 Å². The molecule has 2 rings (SSSR count). The van der Waals surface area contributed by atoms with Crippen molar-refractivity contribution in [1.82, 2.24) is 20.2 Å². The maximum absolute atomic E-state index is 10.7. The molecule has 0 unspecified atom stereocenters. The molecular formula is C8H5N5O2S. The van der Waals surface area contributed by atoms with E-state index in [0.29, 0.717) is 5.16 Å². The Bertz CT molecular complexity index is 507. The molecular weight excluding hydrogens is 230 g/mol. The highest BCUT2D eigenvalue weighted by Gasteiger charge is 2.16. The van der Waals surface area contributed by atoms with Crippen LogP contribution in [0.25, 0.3) is 0 Å². The Balaban J connectivity index is 2.31. The molecule has 0 spiro atoms. The standard InChI is InChI=1S/C8H5N5O2S/c14-13(15)6-2-1-3-9-7(6)16-8-10-4-5-11-12-8/h1-5H. The van der Waals surface area contributed by atoms with Crippen molar-refractivity contribution in [2.45, 2.75) is 10.2 Å². The van der Waals surface area contributed by atoms with E-state index in [-0.39, 0.29) is 10.7 Å². The number of pyridine rings is 1. The SMILES string of the molecule is O=[N+]([O-])c1cccnc1Sc1nccnn1. The van der Waals surface area contributed by atoms with E-state index in [1.165, 1.54) is 30.7 Å². The Kier molecular flexibility index (Phi) is 3.01. The molecule has 0 aliphatic rings. The van der Waals surface area contributed by atoms with Crippen molar-refractivity contribution in [2.75, 3.05) is 0 Å². The fourth-order valence-corrected chi connectivity index (χ4v) is 1.70. The molecule has 0 bridgehead atoms. The van der Waals surface area contributed by atoms with Crippen molar-refractivity contribution < 1.29 is 4.92 Å². The normalized spacial score (nSPS) is 10.0. The maximum Gasteiger partial charge on any atom is 0.301 e. The van der Waals surface area contributed by atoms with E-state index in [4.69, 9.17) is 0 Å². The summed E-state index contributed by atoms with van der Waals surface area (Å²) in [6.07, 6.45) is 4.37. The van der Waals surface area contributed by atoms with Crippen molar-refractivity contribution in [1.29, 1.82) is 0 Å². The Morgan fingerprint density at radius 2 is 2.12 bits per heavy atom. The summed E-state index contributed by atoms with van der Waals surface area (Å²) in [6, 6.07) is 2.89. The maximum atomic E-state index is 10.7. The predicted molar refractivity (Wildman–Crippen MR) is 54.8 cm³/mol. The van der Waals surface area contributed by atoms with Gasteiger partial charge in [0, 0.05) is 12.3 Å². The van der Waals surface area contributed by atoms with Crippen molar-refractivity contribution in [3.63, 3.8) is 0 Å². The highest BCUT2D eigenvalue weighted by Crippen LogP contribution is 2.29. The van der Waals surface area contributed by atoms with Gasteiger partial charge in [0.1, 0.15) is 0 Å². The van der Waals surface area contributed by atoms with Crippen LogP contribution in [-0.4, -0.2) is 25.1 Å². The van der Waals surface area contributed by atoms with E-state index in [9.17, 15) is 10.1 Å². The summed E-state index contributed by atoms with van der Waals surface area (Å²) < 4.78 is 0. The van der Waals surface area contributed by atoms with Gasteiger partial charge in [-0.25, -0.2) is 9.97 Å². The topological polar surface area (TPSA) is 94.7 Å². The molecule has 0 atom stereocenters. The molecule has 80 valence electrons. The van der Waals surface area contributed by atoms with E-state index >= 15 is 0 Å². The Morgan fingerprint density at radius 1 is 1.25 bits per heavy atom. The summed E-state index contributed by atoms with van der Waals surface area (Å²) in [5, 5.41) is 18.6. The average Bonchev–Trinajstić information content (AvgIpc) is 2.31. The summed E-state index contributed by atoms with van der Waals surface area (Å²) in [5.74, 6) is 0. The summed E-state index contributed by atoms with van der Waals surface area (Å²) in [5.41, 5.74) is -0.0695. The molecule has 16 heavy (non-hydrogen) atoms. The van der Waals surface area contributed by atoms with Crippen molar-refractivity contribution in [3.8, 4) is 0 Å². The molecule has 0 amide bonds. The lowest BCUT2D eigenvalue weighted by atomic mass is 10.4. The zero-order chi connectivity index (χ0) is 11.4. The van der Waals surface area contributed by atoms with Crippen LogP contribution in [0.3, 0.4) is 0 Å². The first kappa shape index (κ1) is 10.4. The molecule has 0 radical (unpaired) electrons. The van der Waals surface area contributed by atoms with Gasteiger partial charge in [0.05, 0.1) is 17.3 Å². The van der Waals surface area contributed by atoms with Gasteiger partial charge in [-0.3, -0.25) is 10.1 Å². The minimum Gasteiger partial charge on any atom is -0.258 e. The summed E-state index contributed by atoms with van der Waals surface area (Å²) in [6.45, 7) is 0.